The average Bonchev–Trinajstić information content (AvgIpc) is 2.78. The van der Waals surface area contributed by atoms with Crippen molar-refractivity contribution in [3.8, 4) is 6.07 Å². The minimum atomic E-state index is -0.227. The highest BCUT2D eigenvalue weighted by Gasteiger charge is 2.06. The number of aromatic nitrogens is 2. The lowest BCUT2D eigenvalue weighted by molar-refractivity contribution is -0.143. The van der Waals surface area contributed by atoms with Crippen LogP contribution in [-0.4, -0.2) is 22.4 Å². The van der Waals surface area contributed by atoms with Crippen molar-refractivity contribution >= 4 is 16.9 Å². The molecule has 0 aliphatic heterocycles. The number of benzene rings is 1. The van der Waals surface area contributed by atoms with Crippen molar-refractivity contribution in [1.29, 1.82) is 5.26 Å². The van der Waals surface area contributed by atoms with Gasteiger partial charge in [-0.15, -0.1) is 0 Å². The number of aryl methyl sites for hydroxylation is 1. The minimum Gasteiger partial charge on any atom is -0.466 e. The smallest absolute Gasteiger partial charge is 0.307 e. The van der Waals surface area contributed by atoms with Crippen LogP contribution in [0.3, 0.4) is 0 Å². The Morgan fingerprint density at radius 2 is 2.39 bits per heavy atom. The number of hydrogen-bond donors (Lipinski definition) is 0. The van der Waals surface area contributed by atoms with E-state index in [9.17, 15) is 4.79 Å². The van der Waals surface area contributed by atoms with Gasteiger partial charge in [-0.2, -0.15) is 10.4 Å². The number of carbonyl (C=O) groups excluding carboxylic acids is 1. The molecular formula is C13H13N3O2. The normalized spacial score (nSPS) is 10.2. The number of nitrogens with zero attached hydrogens (tertiary/aromatic N) is 3. The molecule has 0 fully saturated rings. The van der Waals surface area contributed by atoms with Crippen LogP contribution in [0.25, 0.3) is 10.9 Å². The third-order valence-electron chi connectivity index (χ3n) is 2.60. The number of carbonyl (C=O) groups is 1. The molecule has 0 bridgehead atoms. The van der Waals surface area contributed by atoms with Crippen LogP contribution < -0.4 is 0 Å². The quantitative estimate of drug-likeness (QED) is 0.768. The number of hydrogen-bond acceptors (Lipinski definition) is 4. The molecule has 0 spiro atoms. The second kappa shape index (κ2) is 5.32. The van der Waals surface area contributed by atoms with E-state index in [1.807, 2.05) is 6.07 Å². The zero-order valence-corrected chi connectivity index (χ0v) is 10.1. The van der Waals surface area contributed by atoms with E-state index in [4.69, 9.17) is 10.00 Å². The van der Waals surface area contributed by atoms with Gasteiger partial charge in [0, 0.05) is 5.39 Å². The lowest BCUT2D eigenvalue weighted by atomic mass is 10.2. The lowest BCUT2D eigenvalue weighted by Gasteiger charge is -2.03. The second-order valence-corrected chi connectivity index (χ2v) is 3.81. The van der Waals surface area contributed by atoms with Gasteiger partial charge < -0.3 is 4.74 Å². The van der Waals surface area contributed by atoms with Crippen LogP contribution in [0.5, 0.6) is 0 Å². The molecule has 5 heteroatoms. The fourth-order valence-corrected chi connectivity index (χ4v) is 1.77. The van der Waals surface area contributed by atoms with Crippen molar-refractivity contribution in [2.45, 2.75) is 19.9 Å². The van der Waals surface area contributed by atoms with Crippen molar-refractivity contribution in [3.63, 3.8) is 0 Å². The summed E-state index contributed by atoms with van der Waals surface area (Å²) in [6.45, 7) is 2.66. The van der Waals surface area contributed by atoms with E-state index in [0.29, 0.717) is 25.1 Å². The molecule has 0 N–H and O–H groups in total. The second-order valence-electron chi connectivity index (χ2n) is 3.81. The molecular weight excluding hydrogens is 230 g/mol. The first-order chi connectivity index (χ1) is 8.74. The Labute approximate surface area is 105 Å². The molecule has 1 aromatic heterocycles. The van der Waals surface area contributed by atoms with Crippen LogP contribution in [0, 0.1) is 11.3 Å². The van der Waals surface area contributed by atoms with Gasteiger partial charge >= 0.3 is 5.97 Å². The maximum atomic E-state index is 11.3. The van der Waals surface area contributed by atoms with E-state index in [1.54, 1.807) is 29.9 Å². The fourth-order valence-electron chi connectivity index (χ4n) is 1.77. The molecule has 0 radical (unpaired) electrons. The van der Waals surface area contributed by atoms with Crippen LogP contribution in [0.15, 0.2) is 24.4 Å². The Bertz CT molecular complexity index is 610. The first-order valence-corrected chi connectivity index (χ1v) is 5.76. The average molecular weight is 243 g/mol. The molecule has 0 saturated heterocycles. The Balaban J connectivity index is 2.15. The maximum absolute atomic E-state index is 11.3. The molecule has 0 aliphatic carbocycles. The number of fused-ring (bicyclic) bond motifs is 1. The van der Waals surface area contributed by atoms with Crippen molar-refractivity contribution in [1.82, 2.24) is 9.78 Å². The molecule has 18 heavy (non-hydrogen) atoms. The van der Waals surface area contributed by atoms with Gasteiger partial charge in [-0.3, -0.25) is 9.48 Å². The van der Waals surface area contributed by atoms with E-state index < -0.39 is 0 Å². The topological polar surface area (TPSA) is 67.9 Å². The van der Waals surface area contributed by atoms with Gasteiger partial charge in [0.1, 0.15) is 0 Å². The first-order valence-electron chi connectivity index (χ1n) is 5.76. The van der Waals surface area contributed by atoms with Crippen LogP contribution in [0.4, 0.5) is 0 Å². The van der Waals surface area contributed by atoms with Crippen LogP contribution in [-0.2, 0) is 16.1 Å². The summed E-state index contributed by atoms with van der Waals surface area (Å²) in [6.07, 6.45) is 1.99. The molecule has 0 atom stereocenters. The summed E-state index contributed by atoms with van der Waals surface area (Å²) in [4.78, 5) is 11.3. The fraction of sp³-hybridized carbons (Fsp3) is 0.308. The molecule has 0 saturated carbocycles. The lowest BCUT2D eigenvalue weighted by Crippen LogP contribution is -2.09. The zero-order chi connectivity index (χ0) is 13.0. The van der Waals surface area contributed by atoms with Crippen LogP contribution in [0.1, 0.15) is 18.9 Å². The minimum absolute atomic E-state index is 0.227. The number of esters is 1. The first kappa shape index (κ1) is 12.1. The van der Waals surface area contributed by atoms with Gasteiger partial charge in [0.2, 0.25) is 0 Å². The summed E-state index contributed by atoms with van der Waals surface area (Å²) in [6, 6.07) is 7.45. The molecule has 2 rings (SSSR count). The number of nitriles is 1. The van der Waals surface area contributed by atoms with Crippen molar-refractivity contribution in [2.75, 3.05) is 6.61 Å². The predicted molar refractivity (Wildman–Crippen MR) is 65.7 cm³/mol. The summed E-state index contributed by atoms with van der Waals surface area (Å²) in [5.41, 5.74) is 1.52. The highest BCUT2D eigenvalue weighted by atomic mass is 16.5. The van der Waals surface area contributed by atoms with E-state index >= 15 is 0 Å². The van der Waals surface area contributed by atoms with Gasteiger partial charge in [-0.25, -0.2) is 0 Å². The van der Waals surface area contributed by atoms with Crippen LogP contribution >= 0.6 is 0 Å². The van der Waals surface area contributed by atoms with E-state index in [1.165, 1.54) is 0 Å². The third-order valence-corrected chi connectivity index (χ3v) is 2.60. The number of ether oxygens (including phenoxy) is 1. The predicted octanol–water partition coefficient (Wildman–Crippen LogP) is 1.86. The summed E-state index contributed by atoms with van der Waals surface area (Å²) in [5.74, 6) is -0.227. The SMILES string of the molecule is CCOC(=O)CCn1ncc2cc(C#N)ccc21. The Kier molecular flexibility index (Phi) is 3.58. The standard InChI is InChI=1S/C13H13N3O2/c1-2-18-13(17)5-6-16-12-4-3-10(8-14)7-11(12)9-15-16/h3-4,7,9H,2,5-6H2,1H3. The summed E-state index contributed by atoms with van der Waals surface area (Å²) in [7, 11) is 0. The van der Waals surface area contributed by atoms with Gasteiger partial charge in [0.05, 0.1) is 42.9 Å². The maximum Gasteiger partial charge on any atom is 0.307 e. The summed E-state index contributed by atoms with van der Waals surface area (Å²) < 4.78 is 6.61. The summed E-state index contributed by atoms with van der Waals surface area (Å²) in [5, 5.41) is 13.9. The van der Waals surface area contributed by atoms with Gasteiger partial charge in [0.15, 0.2) is 0 Å². The molecule has 1 aromatic carbocycles. The Morgan fingerprint density at radius 1 is 1.56 bits per heavy atom. The zero-order valence-electron chi connectivity index (χ0n) is 10.1. The van der Waals surface area contributed by atoms with Gasteiger partial charge in [0.25, 0.3) is 0 Å². The Hall–Kier alpha value is -2.35. The van der Waals surface area contributed by atoms with Gasteiger partial charge in [-0.05, 0) is 25.1 Å². The molecule has 0 aliphatic rings. The molecule has 0 unspecified atom stereocenters. The molecule has 2 aromatic rings. The monoisotopic (exact) mass is 243 g/mol. The van der Waals surface area contributed by atoms with Crippen molar-refractivity contribution in [3.05, 3.63) is 30.0 Å². The molecule has 92 valence electrons. The highest BCUT2D eigenvalue weighted by molar-refractivity contribution is 5.80. The van der Waals surface area contributed by atoms with Gasteiger partial charge in [-0.1, -0.05) is 0 Å². The third kappa shape index (κ3) is 2.48. The van der Waals surface area contributed by atoms with Crippen molar-refractivity contribution in [2.24, 2.45) is 0 Å². The molecule has 5 nitrogen and oxygen atoms in total. The van der Waals surface area contributed by atoms with Crippen molar-refractivity contribution < 1.29 is 9.53 Å². The molecule has 0 amide bonds. The van der Waals surface area contributed by atoms with E-state index in [-0.39, 0.29) is 5.97 Å². The molecule has 1 heterocycles. The highest BCUT2D eigenvalue weighted by Crippen LogP contribution is 2.15. The largest absolute Gasteiger partial charge is 0.466 e. The van der Waals surface area contributed by atoms with E-state index in [0.717, 1.165) is 10.9 Å². The van der Waals surface area contributed by atoms with E-state index in [2.05, 4.69) is 11.2 Å². The number of rotatable bonds is 4. The Morgan fingerprint density at radius 3 is 3.11 bits per heavy atom. The summed E-state index contributed by atoms with van der Waals surface area (Å²) >= 11 is 0. The van der Waals surface area contributed by atoms with Crippen LogP contribution in [0.2, 0.25) is 0 Å².